The van der Waals surface area contributed by atoms with Crippen LogP contribution in [-0.4, -0.2) is 46.9 Å². The number of carboxylic acid groups (broad SMARTS) is 1. The number of nitrogens with one attached hydrogen (secondary N) is 1. The van der Waals surface area contributed by atoms with Crippen molar-refractivity contribution >= 4 is 29.1 Å². The van der Waals surface area contributed by atoms with Gasteiger partial charge in [0.2, 0.25) is 5.91 Å². The summed E-state index contributed by atoms with van der Waals surface area (Å²) in [4.78, 5) is 36.9. The van der Waals surface area contributed by atoms with E-state index in [1.807, 2.05) is 0 Å². The monoisotopic (exact) mass is 310 g/mol. The van der Waals surface area contributed by atoms with E-state index in [0.717, 1.165) is 12.8 Å². The first-order chi connectivity index (χ1) is 9.97. The molecule has 6 nitrogen and oxygen atoms in total. The maximum atomic E-state index is 12.3. The number of thiophene rings is 1. The fourth-order valence-corrected chi connectivity index (χ4v) is 2.65. The van der Waals surface area contributed by atoms with Crippen LogP contribution < -0.4 is 5.32 Å². The van der Waals surface area contributed by atoms with Crippen molar-refractivity contribution in [3.05, 3.63) is 22.4 Å². The Kier molecular flexibility index (Phi) is 4.95. The van der Waals surface area contributed by atoms with Gasteiger partial charge in [-0.2, -0.15) is 0 Å². The molecule has 0 spiro atoms. The van der Waals surface area contributed by atoms with E-state index in [1.165, 1.54) is 16.2 Å². The summed E-state index contributed by atoms with van der Waals surface area (Å²) in [5, 5.41) is 13.3. The van der Waals surface area contributed by atoms with E-state index >= 15 is 0 Å². The van der Waals surface area contributed by atoms with E-state index < -0.39 is 12.0 Å². The van der Waals surface area contributed by atoms with Gasteiger partial charge in [-0.15, -0.1) is 11.3 Å². The Morgan fingerprint density at radius 1 is 1.48 bits per heavy atom. The lowest BCUT2D eigenvalue weighted by Gasteiger charge is -2.24. The van der Waals surface area contributed by atoms with Crippen molar-refractivity contribution in [2.75, 3.05) is 13.1 Å². The molecule has 1 aromatic rings. The predicted molar refractivity (Wildman–Crippen MR) is 78.2 cm³/mol. The van der Waals surface area contributed by atoms with Crippen molar-refractivity contribution in [1.82, 2.24) is 10.2 Å². The minimum absolute atomic E-state index is 0.312. The molecule has 0 aromatic carbocycles. The quantitative estimate of drug-likeness (QED) is 0.792. The van der Waals surface area contributed by atoms with Crippen LogP contribution in [0.3, 0.4) is 0 Å². The zero-order valence-corrected chi connectivity index (χ0v) is 12.6. The summed E-state index contributed by atoms with van der Waals surface area (Å²) in [5.41, 5.74) is 0. The highest BCUT2D eigenvalue weighted by Gasteiger charge is 2.30. The lowest BCUT2D eigenvalue weighted by atomic mass is 10.2. The number of carbonyl (C=O) groups is 3. The lowest BCUT2D eigenvalue weighted by molar-refractivity contribution is -0.145. The lowest BCUT2D eigenvalue weighted by Crippen LogP contribution is -2.49. The minimum atomic E-state index is -1.04. The van der Waals surface area contributed by atoms with Gasteiger partial charge in [0.1, 0.15) is 12.6 Å². The van der Waals surface area contributed by atoms with Crippen molar-refractivity contribution in [3.63, 3.8) is 0 Å². The molecule has 114 valence electrons. The van der Waals surface area contributed by atoms with E-state index in [4.69, 9.17) is 5.11 Å². The molecule has 2 N–H and O–H groups in total. The highest BCUT2D eigenvalue weighted by atomic mass is 32.1. The molecule has 2 amide bonds. The molecule has 7 heteroatoms. The van der Waals surface area contributed by atoms with Crippen molar-refractivity contribution in [2.45, 2.75) is 25.8 Å². The molecule has 1 heterocycles. The van der Waals surface area contributed by atoms with Gasteiger partial charge in [0.25, 0.3) is 5.91 Å². The van der Waals surface area contributed by atoms with Crippen LogP contribution in [-0.2, 0) is 9.59 Å². The Bertz CT molecular complexity index is 525. The number of aliphatic carboxylic acids is 1. The number of carbonyl (C=O) groups excluding carboxylic acids is 2. The second-order valence-corrected chi connectivity index (χ2v) is 6.18. The SMILES string of the molecule is CC(NC(=O)c1cccs1)C(=O)N(CC(=O)O)CC1CC1. The van der Waals surface area contributed by atoms with Crippen LogP contribution in [0, 0.1) is 5.92 Å². The third-order valence-corrected chi connectivity index (χ3v) is 4.14. The second-order valence-electron chi connectivity index (χ2n) is 5.23. The van der Waals surface area contributed by atoms with Gasteiger partial charge in [-0.05, 0) is 37.1 Å². The molecule has 0 radical (unpaired) electrons. The van der Waals surface area contributed by atoms with Crippen LogP contribution in [0.15, 0.2) is 17.5 Å². The molecular formula is C14H18N2O4S. The van der Waals surface area contributed by atoms with Gasteiger partial charge in [-0.1, -0.05) is 6.07 Å². The summed E-state index contributed by atoms with van der Waals surface area (Å²) in [6.45, 7) is 1.70. The third-order valence-electron chi connectivity index (χ3n) is 3.28. The Labute approximate surface area is 126 Å². The van der Waals surface area contributed by atoms with Gasteiger partial charge in [0, 0.05) is 6.54 Å². The largest absolute Gasteiger partial charge is 0.480 e. The molecule has 0 saturated heterocycles. The van der Waals surface area contributed by atoms with E-state index in [0.29, 0.717) is 17.3 Å². The summed E-state index contributed by atoms with van der Waals surface area (Å²) in [5.74, 6) is -1.31. The van der Waals surface area contributed by atoms with Gasteiger partial charge in [-0.25, -0.2) is 0 Å². The first kappa shape index (κ1) is 15.5. The van der Waals surface area contributed by atoms with Gasteiger partial charge in [0.15, 0.2) is 0 Å². The van der Waals surface area contributed by atoms with Gasteiger partial charge in [-0.3, -0.25) is 14.4 Å². The number of nitrogens with zero attached hydrogens (tertiary/aromatic N) is 1. The van der Waals surface area contributed by atoms with E-state index in [9.17, 15) is 14.4 Å². The van der Waals surface area contributed by atoms with Crippen LogP contribution >= 0.6 is 11.3 Å². The van der Waals surface area contributed by atoms with E-state index in [1.54, 1.807) is 24.4 Å². The summed E-state index contributed by atoms with van der Waals surface area (Å²) in [6, 6.07) is 2.70. The van der Waals surface area contributed by atoms with Crippen LogP contribution in [0.2, 0.25) is 0 Å². The Morgan fingerprint density at radius 2 is 2.19 bits per heavy atom. The molecule has 1 unspecified atom stereocenters. The molecule has 1 saturated carbocycles. The first-order valence-corrected chi connectivity index (χ1v) is 7.70. The van der Waals surface area contributed by atoms with Crippen LogP contribution in [0.25, 0.3) is 0 Å². The molecule has 1 aliphatic carbocycles. The van der Waals surface area contributed by atoms with Crippen molar-refractivity contribution in [1.29, 1.82) is 0 Å². The average molecular weight is 310 g/mol. The second kappa shape index (κ2) is 6.71. The summed E-state index contributed by atoms with van der Waals surface area (Å²) >= 11 is 1.29. The Hall–Kier alpha value is -1.89. The molecule has 1 fully saturated rings. The standard InChI is InChI=1S/C14H18N2O4S/c1-9(15-13(19)11-3-2-6-21-11)14(20)16(8-12(17)18)7-10-4-5-10/h2-3,6,9-10H,4-5,7-8H2,1H3,(H,15,19)(H,17,18). The van der Waals surface area contributed by atoms with Crippen LogP contribution in [0.4, 0.5) is 0 Å². The van der Waals surface area contributed by atoms with Gasteiger partial charge < -0.3 is 15.3 Å². The molecular weight excluding hydrogens is 292 g/mol. The zero-order valence-electron chi connectivity index (χ0n) is 11.7. The maximum Gasteiger partial charge on any atom is 0.323 e. The maximum absolute atomic E-state index is 12.3. The topological polar surface area (TPSA) is 86.7 Å². The van der Waals surface area contributed by atoms with Crippen LogP contribution in [0.1, 0.15) is 29.4 Å². The molecule has 0 aliphatic heterocycles. The first-order valence-electron chi connectivity index (χ1n) is 6.82. The molecule has 1 atom stereocenters. The van der Waals surface area contributed by atoms with Gasteiger partial charge in [0.05, 0.1) is 4.88 Å². The Morgan fingerprint density at radius 3 is 2.71 bits per heavy atom. The normalized spacial score (nSPS) is 15.3. The highest BCUT2D eigenvalue weighted by molar-refractivity contribution is 7.12. The molecule has 2 rings (SSSR count). The molecule has 1 aliphatic rings. The summed E-state index contributed by atoms with van der Waals surface area (Å²) < 4.78 is 0. The molecule has 1 aromatic heterocycles. The van der Waals surface area contributed by atoms with Crippen molar-refractivity contribution < 1.29 is 19.5 Å². The van der Waals surface area contributed by atoms with Gasteiger partial charge >= 0.3 is 5.97 Å². The number of hydrogen-bond donors (Lipinski definition) is 2. The van der Waals surface area contributed by atoms with Crippen LogP contribution in [0.5, 0.6) is 0 Å². The van der Waals surface area contributed by atoms with E-state index in [2.05, 4.69) is 5.32 Å². The zero-order chi connectivity index (χ0) is 15.4. The fraction of sp³-hybridized carbons (Fsp3) is 0.500. The van der Waals surface area contributed by atoms with Crippen molar-refractivity contribution in [2.24, 2.45) is 5.92 Å². The number of hydrogen-bond acceptors (Lipinski definition) is 4. The molecule has 21 heavy (non-hydrogen) atoms. The summed E-state index contributed by atoms with van der Waals surface area (Å²) in [6.07, 6.45) is 2.05. The number of rotatable bonds is 7. The Balaban J connectivity index is 1.94. The van der Waals surface area contributed by atoms with Crippen molar-refractivity contribution in [3.8, 4) is 0 Å². The average Bonchev–Trinajstić information content (AvgIpc) is 3.06. The number of amides is 2. The number of carboxylic acids is 1. The summed E-state index contributed by atoms with van der Waals surface area (Å²) in [7, 11) is 0. The molecule has 0 bridgehead atoms. The predicted octanol–water partition coefficient (Wildman–Crippen LogP) is 1.19. The fourth-order valence-electron chi connectivity index (χ4n) is 2.02. The van der Waals surface area contributed by atoms with E-state index in [-0.39, 0.29) is 18.4 Å². The third kappa shape index (κ3) is 4.56. The smallest absolute Gasteiger partial charge is 0.323 e. The minimum Gasteiger partial charge on any atom is -0.480 e. The highest BCUT2D eigenvalue weighted by Crippen LogP contribution is 2.29.